The Morgan fingerprint density at radius 2 is 2.28 bits per heavy atom. The van der Waals surface area contributed by atoms with Crippen molar-refractivity contribution in [3.05, 3.63) is 38.6 Å². The highest BCUT2D eigenvalue weighted by atomic mass is 32.1. The van der Waals surface area contributed by atoms with Crippen LogP contribution in [0, 0.1) is 0 Å². The highest BCUT2D eigenvalue weighted by Gasteiger charge is 2.07. The number of rotatable bonds is 4. The van der Waals surface area contributed by atoms with Crippen molar-refractivity contribution >= 4 is 28.7 Å². The molecule has 2 heterocycles. The van der Waals surface area contributed by atoms with Crippen LogP contribution in [0.4, 0.5) is 11.5 Å². The lowest BCUT2D eigenvalue weighted by atomic mass is 10.3. The third kappa shape index (κ3) is 2.66. The summed E-state index contributed by atoms with van der Waals surface area (Å²) in [4.78, 5) is 28.4. The van der Waals surface area contributed by atoms with E-state index < -0.39 is 5.91 Å². The van der Waals surface area contributed by atoms with Gasteiger partial charge in [0, 0.05) is 11.1 Å². The van der Waals surface area contributed by atoms with Crippen molar-refractivity contribution in [2.45, 2.75) is 6.54 Å². The maximum Gasteiger partial charge on any atom is 0.304 e. The number of nitrogens with one attached hydrogen (secondary N) is 2. The van der Waals surface area contributed by atoms with E-state index >= 15 is 0 Å². The number of carbonyl (C=O) groups is 1. The molecule has 1 amide bonds. The van der Waals surface area contributed by atoms with Crippen LogP contribution in [-0.4, -0.2) is 15.9 Å². The minimum absolute atomic E-state index is 0.126. The first-order valence-corrected chi connectivity index (χ1v) is 5.91. The molecule has 0 saturated carbocycles. The third-order valence-corrected chi connectivity index (χ3v) is 2.91. The van der Waals surface area contributed by atoms with Gasteiger partial charge in [-0.05, 0) is 12.1 Å². The minimum atomic E-state index is -0.623. The Kier molecular flexibility index (Phi) is 3.28. The average Bonchev–Trinajstić information content (AvgIpc) is 2.74. The van der Waals surface area contributed by atoms with E-state index in [1.54, 1.807) is 11.4 Å². The number of H-pyrrole nitrogens is 1. The van der Waals surface area contributed by atoms with E-state index in [0.717, 1.165) is 17.0 Å². The van der Waals surface area contributed by atoms with Crippen LogP contribution < -0.4 is 21.7 Å². The summed E-state index contributed by atoms with van der Waals surface area (Å²) in [5, 5.41) is 4.63. The van der Waals surface area contributed by atoms with Gasteiger partial charge in [0.1, 0.15) is 11.5 Å². The van der Waals surface area contributed by atoms with Gasteiger partial charge in [-0.15, -0.1) is 0 Å². The quantitative estimate of drug-likeness (QED) is 0.624. The molecule has 0 unspecified atom stereocenters. The normalized spacial score (nSPS) is 10.2. The van der Waals surface area contributed by atoms with Gasteiger partial charge < -0.3 is 21.8 Å². The number of hydrogen-bond donors (Lipinski definition) is 4. The summed E-state index contributed by atoms with van der Waals surface area (Å²) in [6.45, 7) is 0.359. The van der Waals surface area contributed by atoms with Crippen molar-refractivity contribution in [2.24, 2.45) is 5.73 Å². The molecule has 0 aliphatic heterocycles. The molecule has 2 aromatic rings. The molecule has 0 aliphatic rings. The fraction of sp³-hybridized carbons (Fsp3) is 0.100. The maximum atomic E-state index is 11.0. The number of hydrogen-bond acceptors (Lipinski definition) is 6. The highest BCUT2D eigenvalue weighted by Crippen LogP contribution is 2.16. The Bertz CT molecular complexity index is 633. The topological polar surface area (TPSA) is 127 Å². The fourth-order valence-corrected chi connectivity index (χ4v) is 1.91. The maximum absolute atomic E-state index is 11.0. The molecule has 2 aromatic heterocycles. The third-order valence-electron chi connectivity index (χ3n) is 2.20. The number of pyridine rings is 1. The second kappa shape index (κ2) is 4.88. The van der Waals surface area contributed by atoms with Gasteiger partial charge in [-0.25, -0.2) is 4.98 Å². The van der Waals surface area contributed by atoms with Gasteiger partial charge in [-0.3, -0.25) is 9.59 Å². The van der Waals surface area contributed by atoms with E-state index in [2.05, 4.69) is 15.3 Å². The van der Waals surface area contributed by atoms with Crippen LogP contribution in [-0.2, 0) is 6.54 Å². The van der Waals surface area contributed by atoms with Crippen molar-refractivity contribution in [3.63, 3.8) is 0 Å². The second-order valence-corrected chi connectivity index (χ2v) is 4.37. The molecule has 94 valence electrons. The zero-order valence-corrected chi connectivity index (χ0v) is 10.1. The molecule has 18 heavy (non-hydrogen) atoms. The van der Waals surface area contributed by atoms with Gasteiger partial charge in [0.2, 0.25) is 0 Å². The summed E-state index contributed by atoms with van der Waals surface area (Å²) >= 11 is 1.07. The van der Waals surface area contributed by atoms with Crippen LogP contribution in [0.5, 0.6) is 0 Å². The predicted molar refractivity (Wildman–Crippen MR) is 69.4 cm³/mol. The van der Waals surface area contributed by atoms with E-state index in [0.29, 0.717) is 18.1 Å². The molecule has 0 aliphatic carbocycles. The number of amides is 1. The molecule has 0 radical (unpaired) electrons. The van der Waals surface area contributed by atoms with Crippen molar-refractivity contribution in [1.29, 1.82) is 0 Å². The summed E-state index contributed by atoms with van der Waals surface area (Å²) in [6.07, 6.45) is 0. The molecule has 0 spiro atoms. The first-order valence-electron chi connectivity index (χ1n) is 5.03. The fourth-order valence-electron chi connectivity index (χ4n) is 1.33. The van der Waals surface area contributed by atoms with Crippen LogP contribution >= 0.6 is 11.3 Å². The summed E-state index contributed by atoms with van der Waals surface area (Å²) in [7, 11) is 0. The lowest BCUT2D eigenvalue weighted by Gasteiger charge is -2.08. The monoisotopic (exact) mass is 265 g/mol. The van der Waals surface area contributed by atoms with E-state index in [-0.39, 0.29) is 10.6 Å². The molecule has 2 rings (SSSR count). The van der Waals surface area contributed by atoms with Gasteiger partial charge >= 0.3 is 4.87 Å². The van der Waals surface area contributed by atoms with Gasteiger partial charge in [0.05, 0.1) is 12.2 Å². The SMILES string of the molecule is NC(=O)c1ccc(N)c(NCc2csc(=O)[nH]2)n1. The standard InChI is InChI=1S/C10H11N5O2S/c11-6-1-2-7(8(12)16)15-9(6)13-3-5-4-18-10(17)14-5/h1-2,4H,3,11H2,(H2,12,16)(H,13,15)(H,14,17). The van der Waals surface area contributed by atoms with Gasteiger partial charge in [-0.1, -0.05) is 11.3 Å². The summed E-state index contributed by atoms with van der Waals surface area (Å²) in [6, 6.07) is 3.00. The summed E-state index contributed by atoms with van der Waals surface area (Å²) in [5.41, 5.74) is 12.1. The predicted octanol–water partition coefficient (Wildman–Crippen LogP) is 0.125. The van der Waals surface area contributed by atoms with Crippen molar-refractivity contribution < 1.29 is 4.79 Å². The van der Waals surface area contributed by atoms with Gasteiger partial charge in [0.15, 0.2) is 0 Å². The van der Waals surface area contributed by atoms with Crippen LogP contribution in [0.25, 0.3) is 0 Å². The first-order chi connectivity index (χ1) is 8.56. The lowest BCUT2D eigenvalue weighted by molar-refractivity contribution is 0.0996. The number of aromatic nitrogens is 2. The van der Waals surface area contributed by atoms with E-state index in [9.17, 15) is 9.59 Å². The smallest absolute Gasteiger partial charge is 0.304 e. The Morgan fingerprint density at radius 1 is 1.50 bits per heavy atom. The number of anilines is 2. The number of thiazole rings is 1. The largest absolute Gasteiger partial charge is 0.396 e. The molecule has 8 heteroatoms. The summed E-state index contributed by atoms with van der Waals surface area (Å²) < 4.78 is 0. The number of nitrogen functional groups attached to an aromatic ring is 1. The van der Waals surface area contributed by atoms with Crippen molar-refractivity contribution in [2.75, 3.05) is 11.1 Å². The van der Waals surface area contributed by atoms with E-state index in [1.807, 2.05) is 0 Å². The molecule has 0 aromatic carbocycles. The number of primary amides is 1. The average molecular weight is 265 g/mol. The highest BCUT2D eigenvalue weighted by molar-refractivity contribution is 7.07. The van der Waals surface area contributed by atoms with Gasteiger partial charge in [0.25, 0.3) is 5.91 Å². The Balaban J connectivity index is 2.15. The van der Waals surface area contributed by atoms with Gasteiger partial charge in [-0.2, -0.15) is 0 Å². The van der Waals surface area contributed by atoms with E-state index in [1.165, 1.54) is 6.07 Å². The van der Waals surface area contributed by atoms with Crippen LogP contribution in [0.3, 0.4) is 0 Å². The molecular weight excluding hydrogens is 254 g/mol. The number of nitrogens with zero attached hydrogens (tertiary/aromatic N) is 1. The van der Waals surface area contributed by atoms with Crippen molar-refractivity contribution in [3.8, 4) is 0 Å². The van der Waals surface area contributed by atoms with Crippen LogP contribution in [0.1, 0.15) is 16.2 Å². The Morgan fingerprint density at radius 3 is 2.89 bits per heavy atom. The number of carbonyl (C=O) groups excluding carboxylic acids is 1. The zero-order chi connectivity index (χ0) is 13.1. The molecule has 0 fully saturated rings. The molecule has 7 nitrogen and oxygen atoms in total. The Hall–Kier alpha value is -2.35. The number of nitrogens with two attached hydrogens (primary N) is 2. The molecule has 6 N–H and O–H groups in total. The second-order valence-electron chi connectivity index (χ2n) is 3.53. The zero-order valence-electron chi connectivity index (χ0n) is 9.27. The molecular formula is C10H11N5O2S. The Labute approximate surface area is 106 Å². The molecule has 0 atom stereocenters. The lowest BCUT2D eigenvalue weighted by Crippen LogP contribution is -2.15. The van der Waals surface area contributed by atoms with Crippen LogP contribution in [0.15, 0.2) is 22.3 Å². The first kappa shape index (κ1) is 12.1. The molecule has 0 saturated heterocycles. The van der Waals surface area contributed by atoms with Crippen LogP contribution in [0.2, 0.25) is 0 Å². The minimum Gasteiger partial charge on any atom is -0.396 e. The molecule has 0 bridgehead atoms. The number of aromatic amines is 1. The van der Waals surface area contributed by atoms with Crippen molar-refractivity contribution in [1.82, 2.24) is 9.97 Å². The summed E-state index contributed by atoms with van der Waals surface area (Å²) in [5.74, 6) is -0.264. The van der Waals surface area contributed by atoms with E-state index in [4.69, 9.17) is 11.5 Å².